The van der Waals surface area contributed by atoms with E-state index in [1.165, 1.54) is 0 Å². The van der Waals surface area contributed by atoms with Crippen LogP contribution < -0.4 is 11.1 Å². The Hall–Kier alpha value is -1.55. The number of aliphatic imine (C=N–C) groups is 1. The fourth-order valence-corrected chi connectivity index (χ4v) is 2.51. The first-order valence-corrected chi connectivity index (χ1v) is 8.93. The van der Waals surface area contributed by atoms with Crippen LogP contribution in [0.15, 0.2) is 29.3 Å². The van der Waals surface area contributed by atoms with E-state index in [1.54, 1.807) is 12.0 Å². The van der Waals surface area contributed by atoms with E-state index in [-0.39, 0.29) is 36.1 Å². The average Bonchev–Trinajstić information content (AvgIpc) is 3.36. The molecule has 1 aliphatic carbocycles. The maximum Gasteiger partial charge on any atom is 0.410 e. The number of guanidine groups is 1. The van der Waals surface area contributed by atoms with Crippen molar-refractivity contribution in [3.8, 4) is 0 Å². The lowest BCUT2D eigenvalue weighted by Crippen LogP contribution is -2.40. The third kappa shape index (κ3) is 8.34. The second-order valence-electron chi connectivity index (χ2n) is 7.39. The van der Waals surface area contributed by atoms with Crippen LogP contribution in [0.2, 0.25) is 0 Å². The Balaban J connectivity index is 0.00000364. The number of hydrogen-bond acceptors (Lipinski definition) is 4. The zero-order valence-electron chi connectivity index (χ0n) is 16.5. The first-order chi connectivity index (χ1) is 12.3. The molecular weight excluding hydrogens is 459 g/mol. The van der Waals surface area contributed by atoms with Crippen LogP contribution in [0.4, 0.5) is 10.5 Å². The number of amides is 1. The quantitative estimate of drug-likeness (QED) is 0.347. The van der Waals surface area contributed by atoms with E-state index in [1.807, 2.05) is 45.0 Å². The van der Waals surface area contributed by atoms with Crippen molar-refractivity contribution in [1.29, 1.82) is 0 Å². The minimum atomic E-state index is -0.501. The van der Waals surface area contributed by atoms with E-state index < -0.39 is 5.60 Å². The third-order valence-corrected chi connectivity index (χ3v) is 3.82. The maximum absolute atomic E-state index is 12.3. The van der Waals surface area contributed by atoms with E-state index in [9.17, 15) is 4.79 Å². The molecule has 0 heterocycles. The fourth-order valence-electron chi connectivity index (χ4n) is 2.51. The van der Waals surface area contributed by atoms with E-state index in [0.29, 0.717) is 25.7 Å². The van der Waals surface area contributed by atoms with Crippen LogP contribution >= 0.6 is 24.0 Å². The van der Waals surface area contributed by atoms with E-state index in [2.05, 4.69) is 10.3 Å². The Morgan fingerprint density at radius 1 is 1.33 bits per heavy atom. The molecule has 152 valence electrons. The SMILES string of the molecule is COCc1ccccc1NC(N)=NCCN(C(=O)OC(C)(C)C)C1CC1.I. The number of methoxy groups -OCH3 is 1. The van der Waals surface area contributed by atoms with E-state index in [4.69, 9.17) is 15.2 Å². The number of carbonyl (C=O) groups excluding carboxylic acids is 1. The van der Waals surface area contributed by atoms with Crippen LogP contribution in [-0.2, 0) is 16.1 Å². The van der Waals surface area contributed by atoms with Crippen molar-refractivity contribution >= 4 is 41.7 Å². The largest absolute Gasteiger partial charge is 0.444 e. The fraction of sp³-hybridized carbons (Fsp3) is 0.579. The molecule has 1 fully saturated rings. The number of anilines is 1. The summed E-state index contributed by atoms with van der Waals surface area (Å²) in [5.74, 6) is 0.313. The second-order valence-corrected chi connectivity index (χ2v) is 7.39. The highest BCUT2D eigenvalue weighted by Crippen LogP contribution is 2.28. The second kappa shape index (κ2) is 10.7. The number of rotatable bonds is 7. The Morgan fingerprint density at radius 2 is 2.00 bits per heavy atom. The molecule has 1 aromatic rings. The lowest BCUT2D eigenvalue weighted by Gasteiger charge is -2.27. The average molecular weight is 490 g/mol. The van der Waals surface area contributed by atoms with Crippen LogP contribution in [0.1, 0.15) is 39.2 Å². The van der Waals surface area contributed by atoms with Gasteiger partial charge in [-0.15, -0.1) is 24.0 Å². The number of benzene rings is 1. The summed E-state index contributed by atoms with van der Waals surface area (Å²) < 4.78 is 10.7. The Labute approximate surface area is 178 Å². The maximum atomic E-state index is 12.3. The van der Waals surface area contributed by atoms with Crippen molar-refractivity contribution in [2.24, 2.45) is 10.7 Å². The molecule has 1 aromatic carbocycles. The smallest absolute Gasteiger partial charge is 0.410 e. The molecule has 1 saturated carbocycles. The topological polar surface area (TPSA) is 89.2 Å². The molecule has 1 amide bonds. The Morgan fingerprint density at radius 3 is 2.59 bits per heavy atom. The Kier molecular flexibility index (Phi) is 9.31. The van der Waals surface area contributed by atoms with Gasteiger partial charge in [0.25, 0.3) is 0 Å². The van der Waals surface area contributed by atoms with Gasteiger partial charge in [0, 0.05) is 30.9 Å². The highest BCUT2D eigenvalue weighted by atomic mass is 127. The lowest BCUT2D eigenvalue weighted by atomic mass is 10.2. The van der Waals surface area contributed by atoms with Gasteiger partial charge in [-0.3, -0.25) is 4.99 Å². The molecule has 0 aromatic heterocycles. The van der Waals surface area contributed by atoms with Gasteiger partial charge in [-0.1, -0.05) is 18.2 Å². The molecule has 27 heavy (non-hydrogen) atoms. The van der Waals surface area contributed by atoms with Crippen LogP contribution in [0.3, 0.4) is 0 Å². The predicted octanol–water partition coefficient (Wildman–Crippen LogP) is 3.58. The molecule has 7 nitrogen and oxygen atoms in total. The molecule has 3 N–H and O–H groups in total. The van der Waals surface area contributed by atoms with Crippen molar-refractivity contribution in [2.75, 3.05) is 25.5 Å². The minimum absolute atomic E-state index is 0. The minimum Gasteiger partial charge on any atom is -0.444 e. The summed E-state index contributed by atoms with van der Waals surface area (Å²) in [6, 6.07) is 8.02. The molecule has 0 spiro atoms. The molecule has 0 radical (unpaired) electrons. The van der Waals surface area contributed by atoms with Crippen molar-refractivity contribution in [3.05, 3.63) is 29.8 Å². The third-order valence-electron chi connectivity index (χ3n) is 3.82. The van der Waals surface area contributed by atoms with Gasteiger partial charge < -0.3 is 25.4 Å². The number of hydrogen-bond donors (Lipinski definition) is 2. The van der Waals surface area contributed by atoms with Gasteiger partial charge >= 0.3 is 6.09 Å². The van der Waals surface area contributed by atoms with Crippen molar-refractivity contribution in [2.45, 2.75) is 51.9 Å². The number of para-hydroxylation sites is 1. The molecule has 2 rings (SSSR count). The molecule has 0 unspecified atom stereocenters. The van der Waals surface area contributed by atoms with Crippen LogP contribution in [0.25, 0.3) is 0 Å². The lowest BCUT2D eigenvalue weighted by molar-refractivity contribution is 0.0240. The zero-order valence-corrected chi connectivity index (χ0v) is 18.9. The highest BCUT2D eigenvalue weighted by Gasteiger charge is 2.34. The molecule has 0 atom stereocenters. The summed E-state index contributed by atoms with van der Waals surface area (Å²) in [5, 5.41) is 3.09. The van der Waals surface area contributed by atoms with Crippen molar-refractivity contribution in [1.82, 2.24) is 4.90 Å². The van der Waals surface area contributed by atoms with Crippen molar-refractivity contribution in [3.63, 3.8) is 0 Å². The normalized spacial score (nSPS) is 14.3. The number of nitrogens with one attached hydrogen (secondary N) is 1. The van der Waals surface area contributed by atoms with E-state index in [0.717, 1.165) is 24.1 Å². The zero-order chi connectivity index (χ0) is 19.2. The summed E-state index contributed by atoms with van der Waals surface area (Å²) in [5.41, 5.74) is 7.35. The number of nitrogens with two attached hydrogens (primary N) is 1. The molecule has 0 aliphatic heterocycles. The first kappa shape index (κ1) is 23.5. The molecule has 8 heteroatoms. The van der Waals surface area contributed by atoms with E-state index >= 15 is 0 Å². The van der Waals surface area contributed by atoms with Gasteiger partial charge in [0.15, 0.2) is 5.96 Å². The monoisotopic (exact) mass is 490 g/mol. The first-order valence-electron chi connectivity index (χ1n) is 8.93. The van der Waals surface area contributed by atoms with Gasteiger partial charge in [0.05, 0.1) is 13.2 Å². The van der Waals surface area contributed by atoms with Crippen molar-refractivity contribution < 1.29 is 14.3 Å². The molecule has 1 aliphatic rings. The van der Waals surface area contributed by atoms with Crippen LogP contribution in [0, 0.1) is 0 Å². The summed E-state index contributed by atoms with van der Waals surface area (Å²) in [6.07, 6.45) is 1.74. The van der Waals surface area contributed by atoms with Gasteiger partial charge in [-0.2, -0.15) is 0 Å². The summed E-state index contributed by atoms with van der Waals surface area (Å²) in [7, 11) is 1.65. The summed E-state index contributed by atoms with van der Waals surface area (Å²) >= 11 is 0. The number of halogens is 1. The molecule has 0 saturated heterocycles. The summed E-state index contributed by atoms with van der Waals surface area (Å²) in [4.78, 5) is 18.4. The number of carbonyl (C=O) groups is 1. The Bertz CT molecular complexity index is 642. The molecular formula is C19H31IN4O3. The number of ether oxygens (including phenoxy) is 2. The highest BCUT2D eigenvalue weighted by molar-refractivity contribution is 14.0. The van der Waals surface area contributed by atoms with Gasteiger partial charge in [0.1, 0.15) is 5.60 Å². The standard InChI is InChI=1S/C19H30N4O3.HI/c1-19(2,3)26-18(24)23(15-9-10-15)12-11-21-17(20)22-16-8-6-5-7-14(16)13-25-4;/h5-8,15H,9-13H2,1-4H3,(H3,20,21,22);1H. The van der Waals surface area contributed by atoms with Crippen LogP contribution in [-0.4, -0.2) is 48.8 Å². The predicted molar refractivity (Wildman–Crippen MR) is 119 cm³/mol. The van der Waals surface area contributed by atoms with Gasteiger partial charge in [-0.25, -0.2) is 4.79 Å². The van der Waals surface area contributed by atoms with Gasteiger partial charge in [0.2, 0.25) is 0 Å². The number of nitrogens with zero attached hydrogens (tertiary/aromatic N) is 2. The van der Waals surface area contributed by atoms with Crippen LogP contribution in [0.5, 0.6) is 0 Å². The summed E-state index contributed by atoms with van der Waals surface area (Å²) in [6.45, 7) is 7.00. The van der Waals surface area contributed by atoms with Gasteiger partial charge in [-0.05, 0) is 39.7 Å². The molecule has 0 bridgehead atoms.